The van der Waals surface area contributed by atoms with Gasteiger partial charge in [0.05, 0.1) is 6.10 Å². The zero-order valence-electron chi connectivity index (χ0n) is 6.59. The summed E-state index contributed by atoms with van der Waals surface area (Å²) >= 11 is 0. The van der Waals surface area contributed by atoms with Crippen molar-refractivity contribution in [2.75, 3.05) is 0 Å². The molecule has 0 aromatic rings. The fourth-order valence-electron chi connectivity index (χ4n) is 0.823. The first-order valence-electron chi connectivity index (χ1n) is 3.62. The molecule has 0 heterocycles. The van der Waals surface area contributed by atoms with Gasteiger partial charge in [-0.2, -0.15) is 0 Å². The van der Waals surface area contributed by atoms with Crippen LogP contribution in [0.25, 0.3) is 0 Å². The molecule has 0 aromatic heterocycles. The molecular weight excluding hydrogens is 124 g/mol. The van der Waals surface area contributed by atoms with E-state index in [1.54, 1.807) is 6.08 Å². The Kier molecular flexibility index (Phi) is 4.95. The van der Waals surface area contributed by atoms with E-state index in [1.165, 1.54) is 0 Å². The second-order valence-corrected chi connectivity index (χ2v) is 2.59. The average molecular weight is 140 g/mol. The highest BCUT2D eigenvalue weighted by Gasteiger charge is 2.09. The maximum Gasteiger partial charge on any atom is 0.0603 e. The van der Waals surface area contributed by atoms with Crippen molar-refractivity contribution in [1.82, 2.24) is 0 Å². The van der Waals surface area contributed by atoms with Crippen molar-refractivity contribution in [2.45, 2.75) is 25.9 Å². The Morgan fingerprint density at radius 2 is 1.80 bits per heavy atom. The van der Waals surface area contributed by atoms with Crippen molar-refractivity contribution < 1.29 is 5.11 Å². The lowest BCUT2D eigenvalue weighted by atomic mass is 9.99. The largest absolute Gasteiger partial charge is 0.393 e. The van der Waals surface area contributed by atoms with Crippen molar-refractivity contribution in [1.29, 1.82) is 0 Å². The van der Waals surface area contributed by atoms with Gasteiger partial charge in [-0.1, -0.05) is 19.1 Å². The molecule has 0 saturated heterocycles. The number of hydrogen-bond acceptors (Lipinski definition) is 1. The van der Waals surface area contributed by atoms with E-state index in [-0.39, 0.29) is 6.10 Å². The van der Waals surface area contributed by atoms with Crippen molar-refractivity contribution in [3.05, 3.63) is 25.3 Å². The van der Waals surface area contributed by atoms with Crippen molar-refractivity contribution in [3.63, 3.8) is 0 Å². The third kappa shape index (κ3) is 3.46. The molecule has 0 bridgehead atoms. The summed E-state index contributed by atoms with van der Waals surface area (Å²) in [6, 6.07) is 0. The van der Waals surface area contributed by atoms with E-state index in [0.717, 1.165) is 6.42 Å². The van der Waals surface area contributed by atoms with E-state index in [0.29, 0.717) is 12.3 Å². The molecule has 0 aliphatic carbocycles. The highest BCUT2D eigenvalue weighted by Crippen LogP contribution is 2.11. The van der Waals surface area contributed by atoms with Gasteiger partial charge in [0.1, 0.15) is 0 Å². The Hall–Kier alpha value is -0.560. The Morgan fingerprint density at radius 1 is 1.30 bits per heavy atom. The molecule has 0 spiro atoms. The third-order valence-corrected chi connectivity index (χ3v) is 1.60. The Labute approximate surface area is 63.1 Å². The Balaban J connectivity index is 3.56. The molecule has 1 nitrogen and oxygen atoms in total. The molecule has 10 heavy (non-hydrogen) atoms. The van der Waals surface area contributed by atoms with Crippen LogP contribution >= 0.6 is 0 Å². The van der Waals surface area contributed by atoms with Gasteiger partial charge < -0.3 is 5.11 Å². The Bertz CT molecular complexity index is 93.3. The third-order valence-electron chi connectivity index (χ3n) is 1.60. The van der Waals surface area contributed by atoms with Crippen LogP contribution in [0.2, 0.25) is 0 Å². The van der Waals surface area contributed by atoms with Crippen LogP contribution in [-0.4, -0.2) is 11.2 Å². The fraction of sp³-hybridized carbons (Fsp3) is 0.556. The van der Waals surface area contributed by atoms with Crippen LogP contribution in [-0.2, 0) is 0 Å². The number of aliphatic hydroxyl groups excluding tert-OH is 1. The zero-order valence-corrected chi connectivity index (χ0v) is 6.59. The minimum atomic E-state index is -0.254. The molecule has 0 aliphatic rings. The lowest BCUT2D eigenvalue weighted by Crippen LogP contribution is -2.15. The first-order chi connectivity index (χ1) is 4.72. The van der Waals surface area contributed by atoms with E-state index in [4.69, 9.17) is 0 Å². The van der Waals surface area contributed by atoms with Crippen LogP contribution in [0.5, 0.6) is 0 Å². The van der Waals surface area contributed by atoms with Crippen LogP contribution < -0.4 is 0 Å². The molecule has 0 fully saturated rings. The molecule has 0 rings (SSSR count). The standard InChI is InChI=1S/C9H16O/c1-4-6-8(3)9(10)7-5-2/h4-5,8-10H,1-2,6-7H2,3H3. The molecule has 0 amide bonds. The number of hydrogen-bond donors (Lipinski definition) is 1. The summed E-state index contributed by atoms with van der Waals surface area (Å²) in [5.41, 5.74) is 0. The molecule has 1 N–H and O–H groups in total. The molecular formula is C9H16O. The normalized spacial score (nSPS) is 15.8. The second kappa shape index (κ2) is 5.24. The molecule has 0 saturated carbocycles. The smallest absolute Gasteiger partial charge is 0.0603 e. The number of allylic oxidation sites excluding steroid dienone is 1. The summed E-state index contributed by atoms with van der Waals surface area (Å²) in [5, 5.41) is 9.33. The topological polar surface area (TPSA) is 20.2 Å². The van der Waals surface area contributed by atoms with Gasteiger partial charge in [-0.25, -0.2) is 0 Å². The summed E-state index contributed by atoms with van der Waals surface area (Å²) in [5.74, 6) is 0.301. The Morgan fingerprint density at radius 3 is 2.20 bits per heavy atom. The van der Waals surface area contributed by atoms with Crippen molar-refractivity contribution in [2.24, 2.45) is 5.92 Å². The molecule has 58 valence electrons. The maximum absolute atomic E-state index is 9.33. The molecule has 1 heteroatoms. The van der Waals surface area contributed by atoms with Gasteiger partial charge in [-0.3, -0.25) is 0 Å². The van der Waals surface area contributed by atoms with Gasteiger partial charge in [0, 0.05) is 0 Å². The monoisotopic (exact) mass is 140 g/mol. The first-order valence-corrected chi connectivity index (χ1v) is 3.62. The molecule has 0 aromatic carbocycles. The van der Waals surface area contributed by atoms with Gasteiger partial charge in [0.25, 0.3) is 0 Å². The summed E-state index contributed by atoms with van der Waals surface area (Å²) in [6.07, 6.45) is 4.86. The van der Waals surface area contributed by atoms with Gasteiger partial charge in [0.2, 0.25) is 0 Å². The number of rotatable bonds is 5. The van der Waals surface area contributed by atoms with E-state index in [1.807, 2.05) is 13.0 Å². The maximum atomic E-state index is 9.33. The van der Waals surface area contributed by atoms with E-state index in [9.17, 15) is 5.11 Å². The van der Waals surface area contributed by atoms with Gasteiger partial charge in [0.15, 0.2) is 0 Å². The molecule has 2 unspecified atom stereocenters. The summed E-state index contributed by atoms with van der Waals surface area (Å²) in [7, 11) is 0. The zero-order chi connectivity index (χ0) is 7.98. The highest BCUT2D eigenvalue weighted by molar-refractivity contribution is 4.80. The summed E-state index contributed by atoms with van der Waals surface area (Å²) in [6.45, 7) is 9.17. The van der Waals surface area contributed by atoms with Crippen LogP contribution in [0.1, 0.15) is 19.8 Å². The minimum Gasteiger partial charge on any atom is -0.393 e. The van der Waals surface area contributed by atoms with Crippen molar-refractivity contribution >= 4 is 0 Å². The average Bonchev–Trinajstić information content (AvgIpc) is 1.89. The van der Waals surface area contributed by atoms with Gasteiger partial charge in [-0.15, -0.1) is 13.2 Å². The predicted octanol–water partition coefficient (Wildman–Crippen LogP) is 2.14. The van der Waals surface area contributed by atoms with Gasteiger partial charge in [-0.05, 0) is 18.8 Å². The van der Waals surface area contributed by atoms with Crippen LogP contribution in [0.4, 0.5) is 0 Å². The van der Waals surface area contributed by atoms with Crippen molar-refractivity contribution in [3.8, 4) is 0 Å². The SMILES string of the molecule is C=CCC(C)C(O)CC=C. The van der Waals surface area contributed by atoms with E-state index >= 15 is 0 Å². The van der Waals surface area contributed by atoms with E-state index in [2.05, 4.69) is 13.2 Å². The fourth-order valence-corrected chi connectivity index (χ4v) is 0.823. The number of aliphatic hydroxyl groups is 1. The predicted molar refractivity (Wildman–Crippen MR) is 44.8 cm³/mol. The van der Waals surface area contributed by atoms with Crippen LogP contribution in [0.3, 0.4) is 0 Å². The lowest BCUT2D eigenvalue weighted by molar-refractivity contribution is 0.121. The minimum absolute atomic E-state index is 0.254. The molecule has 2 atom stereocenters. The second-order valence-electron chi connectivity index (χ2n) is 2.59. The van der Waals surface area contributed by atoms with Crippen LogP contribution in [0, 0.1) is 5.92 Å². The van der Waals surface area contributed by atoms with Gasteiger partial charge >= 0.3 is 0 Å². The summed E-state index contributed by atoms with van der Waals surface area (Å²) < 4.78 is 0. The van der Waals surface area contributed by atoms with Crippen LogP contribution in [0.15, 0.2) is 25.3 Å². The lowest BCUT2D eigenvalue weighted by Gasteiger charge is -2.14. The highest BCUT2D eigenvalue weighted by atomic mass is 16.3. The molecule has 0 radical (unpaired) electrons. The van der Waals surface area contributed by atoms with E-state index < -0.39 is 0 Å². The first kappa shape index (κ1) is 9.44. The summed E-state index contributed by atoms with van der Waals surface area (Å²) in [4.78, 5) is 0. The quantitative estimate of drug-likeness (QED) is 0.580. The molecule has 0 aliphatic heterocycles.